The molecule has 4 heterocycles. The van der Waals surface area contributed by atoms with Crippen LogP contribution in [0.3, 0.4) is 0 Å². The minimum absolute atomic E-state index is 0.320. The van der Waals surface area contributed by atoms with Crippen molar-refractivity contribution in [1.29, 1.82) is 0 Å². The van der Waals surface area contributed by atoms with E-state index >= 15 is 0 Å². The van der Waals surface area contributed by atoms with Crippen LogP contribution in [0.5, 0.6) is 0 Å². The second-order valence-electron chi connectivity index (χ2n) is 8.26. The van der Waals surface area contributed by atoms with Crippen LogP contribution in [0, 0.1) is 0 Å². The van der Waals surface area contributed by atoms with E-state index in [9.17, 15) is 0 Å². The van der Waals surface area contributed by atoms with Crippen LogP contribution >= 0.6 is 15.9 Å². The van der Waals surface area contributed by atoms with Gasteiger partial charge >= 0.3 is 0 Å². The normalized spacial score (nSPS) is 18.6. The highest BCUT2D eigenvalue weighted by atomic mass is 79.9. The van der Waals surface area contributed by atoms with Crippen LogP contribution in [0.4, 0.5) is 5.95 Å². The van der Waals surface area contributed by atoms with Crippen LogP contribution in [-0.2, 0) is 7.05 Å². The summed E-state index contributed by atoms with van der Waals surface area (Å²) in [5, 5.41) is 10.1. The van der Waals surface area contributed by atoms with Gasteiger partial charge in [-0.1, -0.05) is 6.07 Å². The molecule has 0 bridgehead atoms. The largest absolute Gasteiger partial charge is 0.351 e. The molecular weight excluding hydrogens is 468 g/mol. The molecule has 0 spiro atoms. The molecule has 2 atom stereocenters. The maximum Gasteiger partial charge on any atom is 0.224 e. The van der Waals surface area contributed by atoms with Crippen LogP contribution in [-0.4, -0.2) is 40.3 Å². The number of nitrogens with zero attached hydrogens (tertiary/aromatic N) is 7. The summed E-state index contributed by atoms with van der Waals surface area (Å²) in [5.74, 6) is 2.24. The van der Waals surface area contributed by atoms with E-state index in [1.54, 1.807) is 6.20 Å². The second kappa shape index (κ2) is 7.67. The Hall–Kier alpha value is -3.33. The van der Waals surface area contributed by atoms with E-state index in [1.165, 1.54) is 0 Å². The van der Waals surface area contributed by atoms with Crippen molar-refractivity contribution in [1.82, 2.24) is 34.3 Å². The number of pyridine rings is 1. The Labute approximate surface area is 192 Å². The molecule has 0 unspecified atom stereocenters. The quantitative estimate of drug-likeness (QED) is 0.397. The molecule has 1 aliphatic rings. The van der Waals surface area contributed by atoms with Crippen molar-refractivity contribution in [3.8, 4) is 5.69 Å². The zero-order valence-electron chi connectivity index (χ0n) is 17.5. The van der Waals surface area contributed by atoms with Gasteiger partial charge in [-0.3, -0.25) is 4.98 Å². The summed E-state index contributed by atoms with van der Waals surface area (Å²) in [7, 11) is 2.06. The molecule has 0 amide bonds. The number of anilines is 1. The fourth-order valence-corrected chi connectivity index (χ4v) is 5.05. The number of fused-ring (bicyclic) bond motifs is 2. The highest BCUT2D eigenvalue weighted by molar-refractivity contribution is 9.10. The van der Waals surface area contributed by atoms with E-state index in [0.717, 1.165) is 57.3 Å². The fraction of sp³-hybridized carbons (Fsp3) is 0.261. The number of aromatic nitrogens is 7. The average molecular weight is 489 g/mol. The van der Waals surface area contributed by atoms with Crippen molar-refractivity contribution in [2.45, 2.75) is 31.2 Å². The summed E-state index contributed by atoms with van der Waals surface area (Å²) >= 11 is 3.56. The number of nitrogens with one attached hydrogen (secondary N) is 1. The summed E-state index contributed by atoms with van der Waals surface area (Å²) in [6, 6.07) is 10.4. The van der Waals surface area contributed by atoms with Crippen LogP contribution in [0.25, 0.3) is 27.6 Å². The molecule has 1 aliphatic carbocycles. The summed E-state index contributed by atoms with van der Waals surface area (Å²) in [6.45, 7) is 0. The standard InChI is InChI=1S/C23H21BrN8/c1-31-10-9-26-21(31)15-4-5-16(11-15)28-23-27-13-18-20(24)30-32(22(18)29-23)17-6-7-19-14(12-17)3-2-8-25-19/h2-3,6-10,12-13,15-16H,4-5,11H2,1H3,(H,27,28,29)/t15-,16-/m0/s1. The molecule has 5 aromatic rings. The lowest BCUT2D eigenvalue weighted by molar-refractivity contribution is 0.624. The zero-order chi connectivity index (χ0) is 21.7. The number of rotatable bonds is 4. The van der Waals surface area contributed by atoms with E-state index in [0.29, 0.717) is 17.9 Å². The average Bonchev–Trinajstić information content (AvgIpc) is 3.52. The van der Waals surface area contributed by atoms with Crippen molar-refractivity contribution in [2.75, 3.05) is 5.32 Å². The third-order valence-electron chi connectivity index (χ3n) is 6.20. The molecule has 1 N–H and O–H groups in total. The van der Waals surface area contributed by atoms with Gasteiger partial charge in [-0.15, -0.1) is 0 Å². The first-order valence-electron chi connectivity index (χ1n) is 10.7. The highest BCUT2D eigenvalue weighted by Gasteiger charge is 2.29. The lowest BCUT2D eigenvalue weighted by atomic mass is 10.1. The van der Waals surface area contributed by atoms with Crippen molar-refractivity contribution in [3.05, 3.63) is 65.5 Å². The van der Waals surface area contributed by atoms with Crippen LogP contribution < -0.4 is 5.32 Å². The Balaban J connectivity index is 1.31. The molecular formula is C23H21BrN8. The minimum atomic E-state index is 0.320. The van der Waals surface area contributed by atoms with Crippen molar-refractivity contribution < 1.29 is 0 Å². The van der Waals surface area contributed by atoms with Gasteiger partial charge in [-0.05, 0) is 59.5 Å². The summed E-state index contributed by atoms with van der Waals surface area (Å²) < 4.78 is 4.69. The molecule has 0 saturated heterocycles. The Bertz CT molecular complexity index is 1440. The Morgan fingerprint density at radius 2 is 2.03 bits per heavy atom. The van der Waals surface area contributed by atoms with Gasteiger partial charge in [0.15, 0.2) is 5.65 Å². The maximum atomic E-state index is 4.83. The number of imidazole rings is 1. The first-order chi connectivity index (χ1) is 15.7. The minimum Gasteiger partial charge on any atom is -0.351 e. The van der Waals surface area contributed by atoms with E-state index in [2.05, 4.69) is 59.0 Å². The lowest BCUT2D eigenvalue weighted by Crippen LogP contribution is -2.18. The maximum absolute atomic E-state index is 4.83. The number of aryl methyl sites for hydroxylation is 1. The zero-order valence-corrected chi connectivity index (χ0v) is 19.1. The third-order valence-corrected chi connectivity index (χ3v) is 6.79. The monoisotopic (exact) mass is 488 g/mol. The van der Waals surface area contributed by atoms with Crippen molar-refractivity contribution in [2.24, 2.45) is 7.05 Å². The van der Waals surface area contributed by atoms with E-state index < -0.39 is 0 Å². The van der Waals surface area contributed by atoms with Crippen LogP contribution in [0.15, 0.2) is 59.7 Å². The Morgan fingerprint density at radius 3 is 2.91 bits per heavy atom. The Morgan fingerprint density at radius 1 is 1.09 bits per heavy atom. The van der Waals surface area contributed by atoms with E-state index in [-0.39, 0.29) is 0 Å². The Kier molecular flexibility index (Phi) is 4.64. The van der Waals surface area contributed by atoms with Gasteiger partial charge in [0.25, 0.3) is 0 Å². The molecule has 6 rings (SSSR count). The van der Waals surface area contributed by atoms with Crippen molar-refractivity contribution >= 4 is 43.8 Å². The smallest absolute Gasteiger partial charge is 0.224 e. The molecule has 1 aromatic carbocycles. The van der Waals surface area contributed by atoms with Gasteiger partial charge in [0, 0.05) is 49.2 Å². The lowest BCUT2D eigenvalue weighted by Gasteiger charge is -2.13. The summed E-state index contributed by atoms with van der Waals surface area (Å²) in [6.07, 6.45) is 10.7. The first-order valence-corrected chi connectivity index (χ1v) is 11.5. The summed E-state index contributed by atoms with van der Waals surface area (Å²) in [5.41, 5.74) is 2.64. The van der Waals surface area contributed by atoms with Crippen LogP contribution in [0.2, 0.25) is 0 Å². The molecule has 160 valence electrons. The highest BCUT2D eigenvalue weighted by Crippen LogP contribution is 2.35. The van der Waals surface area contributed by atoms with Gasteiger partial charge in [0.2, 0.25) is 5.95 Å². The fourth-order valence-electron chi connectivity index (χ4n) is 4.61. The molecule has 1 saturated carbocycles. The van der Waals surface area contributed by atoms with Gasteiger partial charge in [0.05, 0.1) is 16.6 Å². The predicted octanol–water partition coefficient (Wildman–Crippen LogP) is 4.61. The molecule has 1 fully saturated rings. The van der Waals surface area contributed by atoms with E-state index in [1.807, 2.05) is 47.5 Å². The van der Waals surface area contributed by atoms with E-state index in [4.69, 9.17) is 4.98 Å². The van der Waals surface area contributed by atoms with Crippen molar-refractivity contribution in [3.63, 3.8) is 0 Å². The van der Waals surface area contributed by atoms with Crippen LogP contribution in [0.1, 0.15) is 31.0 Å². The summed E-state index contributed by atoms with van der Waals surface area (Å²) in [4.78, 5) is 18.3. The van der Waals surface area contributed by atoms with Gasteiger partial charge in [-0.2, -0.15) is 10.1 Å². The molecule has 9 heteroatoms. The van der Waals surface area contributed by atoms with Gasteiger partial charge in [-0.25, -0.2) is 14.6 Å². The molecule has 0 radical (unpaired) electrons. The van der Waals surface area contributed by atoms with Gasteiger partial charge < -0.3 is 9.88 Å². The predicted molar refractivity (Wildman–Crippen MR) is 127 cm³/mol. The topological polar surface area (TPSA) is 86.3 Å². The molecule has 8 nitrogen and oxygen atoms in total. The molecule has 0 aliphatic heterocycles. The second-order valence-corrected chi connectivity index (χ2v) is 9.01. The number of benzene rings is 1. The number of hydrogen-bond acceptors (Lipinski definition) is 6. The SMILES string of the molecule is Cn1ccnc1[C@H]1CC[C@H](Nc2ncc3c(Br)nn(-c4ccc5ncccc5c4)c3n2)C1. The van der Waals surface area contributed by atoms with Gasteiger partial charge in [0.1, 0.15) is 10.4 Å². The number of halogens is 1. The number of hydrogen-bond donors (Lipinski definition) is 1. The molecule has 4 aromatic heterocycles. The first kappa shape index (κ1) is 19.4. The molecule has 32 heavy (non-hydrogen) atoms. The third kappa shape index (κ3) is 3.33.